The monoisotopic (exact) mass is 580 g/mol. The lowest BCUT2D eigenvalue weighted by Crippen LogP contribution is -2.45. The Morgan fingerprint density at radius 1 is 0.791 bits per heavy atom. The molecule has 0 saturated carbocycles. The highest BCUT2D eigenvalue weighted by atomic mass is 16.7. The fourth-order valence-corrected chi connectivity index (χ4v) is 6.33. The van der Waals surface area contributed by atoms with Crippen LogP contribution in [-0.4, -0.2) is 43.4 Å². The van der Waals surface area contributed by atoms with Gasteiger partial charge in [-0.3, -0.25) is 4.90 Å². The minimum Gasteiger partial charge on any atom is -0.493 e. The number of hydrogen-bond acceptors (Lipinski definition) is 7. The molecule has 1 saturated heterocycles. The predicted octanol–water partition coefficient (Wildman–Crippen LogP) is 5.65. The van der Waals surface area contributed by atoms with Crippen molar-refractivity contribution in [2.45, 2.75) is 50.5 Å². The van der Waals surface area contributed by atoms with E-state index in [0.717, 1.165) is 59.8 Å². The normalized spacial score (nSPS) is 22.1. The number of hydrogen-bond donors (Lipinski definition) is 2. The van der Waals surface area contributed by atoms with Gasteiger partial charge in [0.05, 0.1) is 33.0 Å². The molecule has 0 bridgehead atoms. The number of benzene rings is 4. The first kappa shape index (κ1) is 29.4. The Balaban J connectivity index is 1.36. The maximum atomic E-state index is 9.68. The molecule has 224 valence electrons. The van der Waals surface area contributed by atoms with Crippen molar-refractivity contribution in [3.8, 4) is 11.5 Å². The molecule has 0 spiro atoms. The Bertz CT molecular complexity index is 1490. The number of aliphatic hydroxyl groups excluding tert-OH is 1. The van der Waals surface area contributed by atoms with Gasteiger partial charge in [0.2, 0.25) is 0 Å². The number of ether oxygens (including phenoxy) is 4. The summed E-state index contributed by atoms with van der Waals surface area (Å²) >= 11 is 0. The molecule has 0 radical (unpaired) electrons. The summed E-state index contributed by atoms with van der Waals surface area (Å²) in [5, 5.41) is 9.68. The average molecular weight is 581 g/mol. The van der Waals surface area contributed by atoms with Crippen LogP contribution in [0.3, 0.4) is 0 Å². The number of rotatable bonds is 9. The maximum Gasteiger partial charge on any atom is 0.184 e. The molecule has 1 unspecified atom stereocenters. The summed E-state index contributed by atoms with van der Waals surface area (Å²) in [6, 6.07) is 31.0. The molecular formula is C36H40N2O5. The SMILES string of the molecule is COc1cc2c(cc1OC)CN(C[C@H]1OC(c3ccc(CN)cc3)O[C@@H](c3ccc(CO)cc3)[C@@H]1c1ccccc1)CC2. The van der Waals surface area contributed by atoms with E-state index in [1.165, 1.54) is 16.7 Å². The van der Waals surface area contributed by atoms with Gasteiger partial charge in [-0.1, -0.05) is 78.9 Å². The van der Waals surface area contributed by atoms with E-state index in [2.05, 4.69) is 65.6 Å². The predicted molar refractivity (Wildman–Crippen MR) is 166 cm³/mol. The second-order valence-electron chi connectivity index (χ2n) is 11.3. The molecule has 3 N–H and O–H groups in total. The van der Waals surface area contributed by atoms with Gasteiger partial charge in [0.1, 0.15) is 0 Å². The Hall–Kier alpha value is -3.72. The van der Waals surface area contributed by atoms with Crippen molar-refractivity contribution in [2.24, 2.45) is 5.73 Å². The van der Waals surface area contributed by atoms with Crippen molar-refractivity contribution in [3.05, 3.63) is 130 Å². The molecule has 2 aliphatic heterocycles. The number of methoxy groups -OCH3 is 2. The van der Waals surface area contributed by atoms with Crippen LogP contribution in [0.5, 0.6) is 11.5 Å². The van der Waals surface area contributed by atoms with Crippen LogP contribution in [0, 0.1) is 0 Å². The summed E-state index contributed by atoms with van der Waals surface area (Å²) in [4.78, 5) is 2.47. The molecule has 4 atom stereocenters. The third kappa shape index (κ3) is 6.32. The van der Waals surface area contributed by atoms with Gasteiger partial charge in [0.15, 0.2) is 17.8 Å². The van der Waals surface area contributed by atoms with Crippen molar-refractivity contribution >= 4 is 0 Å². The van der Waals surface area contributed by atoms with Crippen LogP contribution in [0.4, 0.5) is 0 Å². The van der Waals surface area contributed by atoms with Gasteiger partial charge in [-0.15, -0.1) is 0 Å². The molecule has 43 heavy (non-hydrogen) atoms. The molecule has 7 nitrogen and oxygen atoms in total. The number of fused-ring (bicyclic) bond motifs is 1. The van der Waals surface area contributed by atoms with Crippen LogP contribution in [0.1, 0.15) is 57.3 Å². The molecule has 7 heteroatoms. The van der Waals surface area contributed by atoms with Crippen LogP contribution in [0.2, 0.25) is 0 Å². The van der Waals surface area contributed by atoms with E-state index in [4.69, 9.17) is 24.7 Å². The van der Waals surface area contributed by atoms with Gasteiger partial charge in [-0.25, -0.2) is 0 Å². The van der Waals surface area contributed by atoms with E-state index in [9.17, 15) is 5.11 Å². The zero-order valence-electron chi connectivity index (χ0n) is 24.8. The lowest BCUT2D eigenvalue weighted by Gasteiger charge is -2.45. The number of nitrogens with two attached hydrogens (primary N) is 1. The third-order valence-electron chi connectivity index (χ3n) is 8.69. The summed E-state index contributed by atoms with van der Waals surface area (Å²) in [7, 11) is 3.36. The third-order valence-corrected chi connectivity index (χ3v) is 8.69. The highest BCUT2D eigenvalue weighted by Gasteiger charge is 2.42. The molecule has 2 heterocycles. The minimum absolute atomic E-state index is 0.00284. The maximum absolute atomic E-state index is 9.68. The van der Waals surface area contributed by atoms with E-state index < -0.39 is 6.29 Å². The van der Waals surface area contributed by atoms with Crippen LogP contribution >= 0.6 is 0 Å². The summed E-state index contributed by atoms with van der Waals surface area (Å²) in [6.45, 7) is 2.93. The molecule has 4 aromatic carbocycles. The smallest absolute Gasteiger partial charge is 0.184 e. The molecule has 1 fully saturated rings. The quantitative estimate of drug-likeness (QED) is 0.265. The van der Waals surface area contributed by atoms with Crippen LogP contribution in [0.25, 0.3) is 0 Å². The molecule has 4 aromatic rings. The molecule has 0 aliphatic carbocycles. The van der Waals surface area contributed by atoms with Gasteiger partial charge in [0.25, 0.3) is 0 Å². The minimum atomic E-state index is -0.541. The lowest BCUT2D eigenvalue weighted by atomic mass is 9.82. The highest BCUT2D eigenvalue weighted by Crippen LogP contribution is 2.47. The molecule has 2 aliphatic rings. The van der Waals surface area contributed by atoms with Crippen LogP contribution < -0.4 is 15.2 Å². The van der Waals surface area contributed by atoms with E-state index >= 15 is 0 Å². The fourth-order valence-electron chi connectivity index (χ4n) is 6.33. The summed E-state index contributed by atoms with van der Waals surface area (Å²) in [5.74, 6) is 1.47. The van der Waals surface area contributed by atoms with Gasteiger partial charge in [-0.05, 0) is 51.9 Å². The van der Waals surface area contributed by atoms with Crippen molar-refractivity contribution in [3.63, 3.8) is 0 Å². The summed E-state index contributed by atoms with van der Waals surface area (Å²) < 4.78 is 24.9. The zero-order chi connectivity index (χ0) is 29.8. The van der Waals surface area contributed by atoms with E-state index in [1.54, 1.807) is 14.2 Å². The van der Waals surface area contributed by atoms with E-state index in [1.807, 2.05) is 30.3 Å². The average Bonchev–Trinajstić information content (AvgIpc) is 3.07. The summed E-state index contributed by atoms with van der Waals surface area (Å²) in [5.41, 5.74) is 13.5. The van der Waals surface area contributed by atoms with Gasteiger partial charge < -0.3 is 29.8 Å². The van der Waals surface area contributed by atoms with Crippen LogP contribution in [-0.2, 0) is 35.6 Å². The van der Waals surface area contributed by atoms with E-state index in [-0.39, 0.29) is 24.7 Å². The van der Waals surface area contributed by atoms with Gasteiger partial charge >= 0.3 is 0 Å². The number of nitrogens with zero attached hydrogens (tertiary/aromatic N) is 1. The topological polar surface area (TPSA) is 86.4 Å². The molecule has 0 aromatic heterocycles. The van der Waals surface area contributed by atoms with Crippen LogP contribution in [0.15, 0.2) is 91.0 Å². The second-order valence-corrected chi connectivity index (χ2v) is 11.3. The first-order valence-corrected chi connectivity index (χ1v) is 14.9. The van der Waals surface area contributed by atoms with Crippen molar-refractivity contribution < 1.29 is 24.1 Å². The second kappa shape index (κ2) is 13.3. The molecule has 0 amide bonds. The van der Waals surface area contributed by atoms with Crippen molar-refractivity contribution in [1.82, 2.24) is 4.90 Å². The van der Waals surface area contributed by atoms with Gasteiger partial charge in [-0.2, -0.15) is 0 Å². The lowest BCUT2D eigenvalue weighted by molar-refractivity contribution is -0.263. The van der Waals surface area contributed by atoms with Crippen molar-refractivity contribution in [2.75, 3.05) is 27.3 Å². The van der Waals surface area contributed by atoms with Gasteiger partial charge in [0, 0.05) is 37.7 Å². The summed E-state index contributed by atoms with van der Waals surface area (Å²) in [6.07, 6.45) is -0.0277. The Morgan fingerprint density at radius 2 is 1.44 bits per heavy atom. The van der Waals surface area contributed by atoms with Crippen molar-refractivity contribution in [1.29, 1.82) is 0 Å². The first-order valence-electron chi connectivity index (χ1n) is 14.9. The standard InChI is InChI=1S/C36H40N2O5/c1-40-31-18-29-16-17-38(21-30(29)19-32(31)41-2)22-33-34(26-6-4-3-5-7-26)35(27-12-10-25(23-39)11-13-27)43-36(42-33)28-14-8-24(20-37)9-15-28/h3-15,18-19,33-36,39H,16-17,20-23,37H2,1-2H3/t33-,34-,35+,36?/m1/s1. The van der Waals surface area contributed by atoms with E-state index in [0.29, 0.717) is 6.54 Å². The fraction of sp³-hybridized carbons (Fsp3) is 0.333. The first-order chi connectivity index (χ1) is 21.1. The number of aliphatic hydroxyl groups is 1. The Kier molecular flexibility index (Phi) is 9.07. The largest absolute Gasteiger partial charge is 0.493 e. The highest BCUT2D eigenvalue weighted by molar-refractivity contribution is 5.48. The Morgan fingerprint density at radius 3 is 2.09 bits per heavy atom. The molecule has 6 rings (SSSR count). The molecular weight excluding hydrogens is 540 g/mol. The zero-order valence-corrected chi connectivity index (χ0v) is 24.8. The Labute approximate surface area is 253 Å².